The molecule has 2 aromatic rings. The van der Waals surface area contributed by atoms with Crippen LogP contribution in [0, 0.1) is 0 Å². The molecule has 0 radical (unpaired) electrons. The number of carbonyl (C=O) groups is 3. The van der Waals surface area contributed by atoms with E-state index in [2.05, 4.69) is 4.74 Å². The van der Waals surface area contributed by atoms with Crippen LogP contribution in [-0.4, -0.2) is 37.1 Å². The molecule has 1 atom stereocenters. The fourth-order valence-electron chi connectivity index (χ4n) is 2.21. The molecular formula is C20H19F2NO6. The van der Waals surface area contributed by atoms with Crippen LogP contribution in [0.25, 0.3) is 0 Å². The van der Waals surface area contributed by atoms with Gasteiger partial charge in [-0.3, -0.25) is 14.9 Å². The minimum absolute atomic E-state index is 0.0464. The van der Waals surface area contributed by atoms with Gasteiger partial charge in [0.25, 0.3) is 11.8 Å². The Hall–Kier alpha value is -3.49. The maximum atomic E-state index is 12.1. The summed E-state index contributed by atoms with van der Waals surface area (Å²) in [5.74, 6) is -2.00. The SMILES string of the molecule is CC[C@@H](Oc1ccccc1)C(=O)OCC(=O)NC(=O)c1ccc(OC(F)F)cc1. The zero-order valence-electron chi connectivity index (χ0n) is 15.5. The predicted octanol–water partition coefficient (Wildman–Crippen LogP) is 2.95. The molecule has 0 heterocycles. The standard InChI is InChI=1S/C20H19F2NO6/c1-2-16(28-14-6-4-3-5-7-14)19(26)27-12-17(24)23-18(25)13-8-10-15(11-9-13)29-20(21)22/h3-11,16,20H,2,12H2,1H3,(H,23,24,25)/t16-/m1/s1. The first kappa shape index (κ1) is 21.8. The highest BCUT2D eigenvalue weighted by atomic mass is 19.3. The number of amides is 2. The van der Waals surface area contributed by atoms with Gasteiger partial charge in [0.15, 0.2) is 12.7 Å². The third-order valence-corrected chi connectivity index (χ3v) is 3.60. The molecule has 29 heavy (non-hydrogen) atoms. The molecular weight excluding hydrogens is 388 g/mol. The molecule has 154 valence electrons. The molecule has 0 aromatic heterocycles. The van der Waals surface area contributed by atoms with Gasteiger partial charge in [0.05, 0.1) is 0 Å². The lowest BCUT2D eigenvalue weighted by atomic mass is 10.2. The average molecular weight is 407 g/mol. The smallest absolute Gasteiger partial charge is 0.387 e. The van der Waals surface area contributed by atoms with Crippen molar-refractivity contribution in [3.8, 4) is 11.5 Å². The van der Waals surface area contributed by atoms with Crippen LogP contribution < -0.4 is 14.8 Å². The van der Waals surface area contributed by atoms with Gasteiger partial charge in [-0.25, -0.2) is 4.79 Å². The van der Waals surface area contributed by atoms with Crippen molar-refractivity contribution in [1.29, 1.82) is 0 Å². The molecule has 7 nitrogen and oxygen atoms in total. The van der Waals surface area contributed by atoms with Crippen LogP contribution in [0.1, 0.15) is 23.7 Å². The number of rotatable bonds is 9. The van der Waals surface area contributed by atoms with E-state index in [1.807, 2.05) is 5.32 Å². The number of benzene rings is 2. The normalized spacial score (nSPS) is 11.4. The van der Waals surface area contributed by atoms with Gasteiger partial charge in [0.1, 0.15) is 11.5 Å². The summed E-state index contributed by atoms with van der Waals surface area (Å²) < 4.78 is 38.8. The van der Waals surface area contributed by atoms with Gasteiger partial charge < -0.3 is 14.2 Å². The van der Waals surface area contributed by atoms with Crippen molar-refractivity contribution in [3.05, 3.63) is 60.2 Å². The molecule has 1 N–H and O–H groups in total. The topological polar surface area (TPSA) is 90.9 Å². The lowest BCUT2D eigenvalue weighted by Gasteiger charge is -2.16. The summed E-state index contributed by atoms with van der Waals surface area (Å²) in [6.07, 6.45) is -0.579. The van der Waals surface area contributed by atoms with Gasteiger partial charge in [-0.1, -0.05) is 25.1 Å². The third-order valence-electron chi connectivity index (χ3n) is 3.60. The molecule has 0 aliphatic carbocycles. The van der Waals surface area contributed by atoms with E-state index >= 15 is 0 Å². The Morgan fingerprint density at radius 2 is 1.55 bits per heavy atom. The van der Waals surface area contributed by atoms with Crippen LogP contribution in [0.5, 0.6) is 11.5 Å². The van der Waals surface area contributed by atoms with E-state index in [1.54, 1.807) is 37.3 Å². The fourth-order valence-corrected chi connectivity index (χ4v) is 2.21. The van der Waals surface area contributed by atoms with Gasteiger partial charge in [0.2, 0.25) is 0 Å². The molecule has 0 aliphatic heterocycles. The lowest BCUT2D eigenvalue weighted by Crippen LogP contribution is -2.36. The number of hydrogen-bond donors (Lipinski definition) is 1. The second kappa shape index (κ2) is 10.7. The van der Waals surface area contributed by atoms with Crippen molar-refractivity contribution in [2.24, 2.45) is 0 Å². The lowest BCUT2D eigenvalue weighted by molar-refractivity contribution is -0.155. The molecule has 0 bridgehead atoms. The number of imide groups is 1. The van der Waals surface area contributed by atoms with E-state index in [0.717, 1.165) is 0 Å². The number of para-hydroxylation sites is 1. The Bertz CT molecular complexity index is 827. The second-order valence-electron chi connectivity index (χ2n) is 5.72. The molecule has 2 rings (SSSR count). The average Bonchev–Trinajstić information content (AvgIpc) is 2.71. The Balaban J connectivity index is 1.81. The van der Waals surface area contributed by atoms with Crippen molar-refractivity contribution in [2.75, 3.05) is 6.61 Å². The number of hydrogen-bond acceptors (Lipinski definition) is 6. The highest BCUT2D eigenvalue weighted by Crippen LogP contribution is 2.15. The van der Waals surface area contributed by atoms with Crippen LogP contribution in [0.3, 0.4) is 0 Å². The summed E-state index contributed by atoms with van der Waals surface area (Å²) in [7, 11) is 0. The third kappa shape index (κ3) is 7.21. The maximum absolute atomic E-state index is 12.1. The van der Waals surface area contributed by atoms with Gasteiger partial charge >= 0.3 is 12.6 Å². The summed E-state index contributed by atoms with van der Waals surface area (Å²) in [5.41, 5.74) is 0.0464. The van der Waals surface area contributed by atoms with Gasteiger partial charge in [-0.05, 0) is 42.8 Å². The molecule has 0 spiro atoms. The van der Waals surface area contributed by atoms with E-state index in [-0.39, 0.29) is 11.3 Å². The van der Waals surface area contributed by atoms with E-state index < -0.39 is 37.1 Å². The van der Waals surface area contributed by atoms with Crippen LogP contribution in [-0.2, 0) is 14.3 Å². The van der Waals surface area contributed by atoms with Crippen molar-refractivity contribution in [3.63, 3.8) is 0 Å². The van der Waals surface area contributed by atoms with Crippen LogP contribution in [0.4, 0.5) is 8.78 Å². The maximum Gasteiger partial charge on any atom is 0.387 e. The monoisotopic (exact) mass is 407 g/mol. The van der Waals surface area contributed by atoms with Gasteiger partial charge in [-0.2, -0.15) is 8.78 Å². The molecule has 2 amide bonds. The number of ether oxygens (including phenoxy) is 3. The largest absolute Gasteiger partial charge is 0.479 e. The Morgan fingerprint density at radius 1 is 0.931 bits per heavy atom. The van der Waals surface area contributed by atoms with Crippen LogP contribution in [0.15, 0.2) is 54.6 Å². The van der Waals surface area contributed by atoms with Crippen molar-refractivity contribution >= 4 is 17.8 Å². The number of halogens is 2. The van der Waals surface area contributed by atoms with Crippen molar-refractivity contribution in [2.45, 2.75) is 26.1 Å². The highest BCUT2D eigenvalue weighted by molar-refractivity contribution is 6.05. The Kier molecular flexibility index (Phi) is 8.08. The quantitative estimate of drug-likeness (QED) is 0.643. The first-order valence-electron chi connectivity index (χ1n) is 8.66. The zero-order valence-corrected chi connectivity index (χ0v) is 15.5. The van der Waals surface area contributed by atoms with Crippen LogP contribution in [0.2, 0.25) is 0 Å². The van der Waals surface area contributed by atoms with Crippen molar-refractivity contribution in [1.82, 2.24) is 5.32 Å². The molecule has 0 unspecified atom stereocenters. The van der Waals surface area contributed by atoms with E-state index in [1.165, 1.54) is 24.3 Å². The summed E-state index contributed by atoms with van der Waals surface area (Å²) in [4.78, 5) is 35.9. The molecule has 0 saturated carbocycles. The first-order chi connectivity index (χ1) is 13.9. The zero-order chi connectivity index (χ0) is 21.2. The number of alkyl halides is 2. The fraction of sp³-hybridized carbons (Fsp3) is 0.250. The molecule has 0 fully saturated rings. The van der Waals surface area contributed by atoms with Gasteiger partial charge in [0, 0.05) is 5.56 Å². The summed E-state index contributed by atoms with van der Waals surface area (Å²) >= 11 is 0. The minimum Gasteiger partial charge on any atom is -0.479 e. The van der Waals surface area contributed by atoms with Gasteiger partial charge in [-0.15, -0.1) is 0 Å². The number of carbonyl (C=O) groups excluding carboxylic acids is 3. The Labute approximate surface area is 165 Å². The predicted molar refractivity (Wildman–Crippen MR) is 97.7 cm³/mol. The summed E-state index contributed by atoms with van der Waals surface area (Å²) in [5, 5.41) is 2.03. The Morgan fingerprint density at radius 3 is 2.14 bits per heavy atom. The minimum atomic E-state index is -2.98. The molecule has 0 saturated heterocycles. The summed E-state index contributed by atoms with van der Waals surface area (Å²) in [6, 6.07) is 13.4. The first-order valence-corrected chi connectivity index (χ1v) is 8.66. The second-order valence-corrected chi connectivity index (χ2v) is 5.72. The van der Waals surface area contributed by atoms with Crippen molar-refractivity contribution < 1.29 is 37.4 Å². The molecule has 0 aliphatic rings. The molecule has 2 aromatic carbocycles. The number of nitrogens with one attached hydrogen (secondary N) is 1. The highest BCUT2D eigenvalue weighted by Gasteiger charge is 2.21. The van der Waals surface area contributed by atoms with E-state index in [0.29, 0.717) is 12.2 Å². The number of esters is 1. The van der Waals surface area contributed by atoms with E-state index in [4.69, 9.17) is 9.47 Å². The molecule has 9 heteroatoms. The van der Waals surface area contributed by atoms with Crippen LogP contribution >= 0.6 is 0 Å². The van der Waals surface area contributed by atoms with E-state index in [9.17, 15) is 23.2 Å². The summed E-state index contributed by atoms with van der Waals surface area (Å²) in [6.45, 7) is -1.94.